The molecule has 25 heavy (non-hydrogen) atoms. The van der Waals surface area contributed by atoms with E-state index in [-0.39, 0.29) is 10.8 Å². The molecular weight excluding hydrogens is 334 g/mol. The summed E-state index contributed by atoms with van der Waals surface area (Å²) >= 11 is 0. The van der Waals surface area contributed by atoms with E-state index in [1.165, 1.54) is 5.56 Å². The third-order valence-corrected chi connectivity index (χ3v) is 6.58. The van der Waals surface area contributed by atoms with E-state index in [1.807, 2.05) is 25.1 Å². The van der Waals surface area contributed by atoms with Crippen molar-refractivity contribution >= 4 is 10.0 Å². The third-order valence-electron chi connectivity index (χ3n) is 4.67. The van der Waals surface area contributed by atoms with Crippen LogP contribution in [0.15, 0.2) is 59.5 Å². The Morgan fingerprint density at radius 1 is 1.04 bits per heavy atom. The molecule has 0 aromatic heterocycles. The van der Waals surface area contributed by atoms with Crippen molar-refractivity contribution in [1.29, 1.82) is 0 Å². The highest BCUT2D eigenvalue weighted by Crippen LogP contribution is 2.32. The van der Waals surface area contributed by atoms with E-state index in [2.05, 4.69) is 12.1 Å². The molecule has 1 heterocycles. The van der Waals surface area contributed by atoms with Crippen molar-refractivity contribution in [2.45, 2.75) is 37.0 Å². The van der Waals surface area contributed by atoms with Gasteiger partial charge in [0, 0.05) is 13.1 Å². The molecule has 3 rings (SSSR count). The van der Waals surface area contributed by atoms with Gasteiger partial charge in [-0.25, -0.2) is 8.42 Å². The fourth-order valence-electron chi connectivity index (χ4n) is 3.40. The lowest BCUT2D eigenvalue weighted by atomic mass is 9.95. The van der Waals surface area contributed by atoms with E-state index < -0.39 is 10.0 Å². The quantitative estimate of drug-likeness (QED) is 0.809. The number of nitrogens with zero attached hydrogens (tertiary/aromatic N) is 1. The molecule has 1 atom stereocenters. The molecule has 0 spiro atoms. The highest BCUT2D eigenvalue weighted by Gasteiger charge is 2.31. The van der Waals surface area contributed by atoms with Crippen LogP contribution in [0.25, 0.3) is 0 Å². The van der Waals surface area contributed by atoms with Crippen LogP contribution in [0.1, 0.15) is 37.7 Å². The second-order valence-electron chi connectivity index (χ2n) is 6.35. The molecule has 0 radical (unpaired) electrons. The SMILES string of the molecule is CCOc1ccccc1S(=O)(=O)N1CCCCC(c2ccccc2)C1. The summed E-state index contributed by atoms with van der Waals surface area (Å²) in [5, 5.41) is 0. The molecule has 5 heteroatoms. The van der Waals surface area contributed by atoms with Crippen molar-refractivity contribution in [3.63, 3.8) is 0 Å². The number of sulfonamides is 1. The Labute approximate surface area is 150 Å². The first-order chi connectivity index (χ1) is 12.1. The summed E-state index contributed by atoms with van der Waals surface area (Å²) in [5.74, 6) is 0.670. The van der Waals surface area contributed by atoms with Crippen LogP contribution in [0.2, 0.25) is 0 Å². The average molecular weight is 359 g/mol. The van der Waals surface area contributed by atoms with Crippen molar-refractivity contribution in [3.8, 4) is 5.75 Å². The minimum absolute atomic E-state index is 0.234. The number of hydrogen-bond donors (Lipinski definition) is 0. The maximum Gasteiger partial charge on any atom is 0.246 e. The molecular formula is C20H25NO3S. The van der Waals surface area contributed by atoms with Gasteiger partial charge < -0.3 is 4.74 Å². The molecule has 134 valence electrons. The van der Waals surface area contributed by atoms with E-state index >= 15 is 0 Å². The normalized spacial score (nSPS) is 19.3. The minimum Gasteiger partial charge on any atom is -0.492 e. The fourth-order valence-corrected chi connectivity index (χ4v) is 5.06. The van der Waals surface area contributed by atoms with Gasteiger partial charge in [0.25, 0.3) is 0 Å². The van der Waals surface area contributed by atoms with Gasteiger partial charge >= 0.3 is 0 Å². The van der Waals surface area contributed by atoms with Crippen LogP contribution in [0.5, 0.6) is 5.75 Å². The van der Waals surface area contributed by atoms with E-state index in [0.29, 0.717) is 25.4 Å². The van der Waals surface area contributed by atoms with Crippen LogP contribution in [0, 0.1) is 0 Å². The maximum atomic E-state index is 13.3. The van der Waals surface area contributed by atoms with Crippen LogP contribution < -0.4 is 4.74 Å². The van der Waals surface area contributed by atoms with Gasteiger partial charge in [-0.05, 0) is 43.4 Å². The predicted molar refractivity (Wildman–Crippen MR) is 99.4 cm³/mol. The van der Waals surface area contributed by atoms with Crippen molar-refractivity contribution in [1.82, 2.24) is 4.31 Å². The lowest BCUT2D eigenvalue weighted by molar-refractivity contribution is 0.328. The zero-order valence-electron chi connectivity index (χ0n) is 14.6. The number of rotatable bonds is 5. The molecule has 0 amide bonds. The van der Waals surface area contributed by atoms with Crippen LogP contribution in [0.3, 0.4) is 0 Å². The molecule has 0 saturated carbocycles. The zero-order valence-corrected chi connectivity index (χ0v) is 15.4. The largest absolute Gasteiger partial charge is 0.492 e. The van der Waals surface area contributed by atoms with E-state index in [9.17, 15) is 8.42 Å². The molecule has 2 aromatic carbocycles. The average Bonchev–Trinajstić information content (AvgIpc) is 2.90. The maximum absolute atomic E-state index is 13.3. The summed E-state index contributed by atoms with van der Waals surface area (Å²) in [4.78, 5) is 0.269. The van der Waals surface area contributed by atoms with Gasteiger partial charge in [-0.2, -0.15) is 4.31 Å². The summed E-state index contributed by atoms with van der Waals surface area (Å²) in [6.45, 7) is 3.39. The summed E-state index contributed by atoms with van der Waals surface area (Å²) < 4.78 is 33.7. The Morgan fingerprint density at radius 3 is 2.52 bits per heavy atom. The van der Waals surface area contributed by atoms with Gasteiger partial charge in [-0.15, -0.1) is 0 Å². The van der Waals surface area contributed by atoms with Crippen molar-refractivity contribution in [2.75, 3.05) is 19.7 Å². The summed E-state index contributed by atoms with van der Waals surface area (Å²) in [5.41, 5.74) is 1.21. The first kappa shape index (κ1) is 18.0. The summed E-state index contributed by atoms with van der Waals surface area (Å²) in [6, 6.07) is 17.1. The monoisotopic (exact) mass is 359 g/mol. The molecule has 0 aliphatic carbocycles. The van der Waals surface area contributed by atoms with Crippen LogP contribution >= 0.6 is 0 Å². The Morgan fingerprint density at radius 2 is 1.76 bits per heavy atom. The number of para-hydroxylation sites is 1. The molecule has 0 bridgehead atoms. The standard InChI is InChI=1S/C20H25NO3S/c1-2-24-19-13-6-7-14-20(19)25(22,23)21-15-9-8-12-18(16-21)17-10-4-3-5-11-17/h3-7,10-11,13-14,18H,2,8-9,12,15-16H2,1H3. The molecule has 1 aliphatic rings. The third kappa shape index (κ3) is 4.05. The van der Waals surface area contributed by atoms with E-state index in [1.54, 1.807) is 28.6 Å². The number of ether oxygens (including phenoxy) is 1. The van der Waals surface area contributed by atoms with E-state index in [0.717, 1.165) is 19.3 Å². The molecule has 1 saturated heterocycles. The summed E-state index contributed by atoms with van der Waals surface area (Å²) in [7, 11) is -3.57. The smallest absolute Gasteiger partial charge is 0.246 e. The molecule has 0 N–H and O–H groups in total. The fraction of sp³-hybridized carbons (Fsp3) is 0.400. The first-order valence-electron chi connectivity index (χ1n) is 8.90. The molecule has 1 aliphatic heterocycles. The van der Waals surface area contributed by atoms with Gasteiger partial charge in [0.15, 0.2) is 0 Å². The van der Waals surface area contributed by atoms with Gasteiger partial charge in [0.2, 0.25) is 10.0 Å². The Balaban J connectivity index is 1.91. The Kier molecular flexibility index (Phi) is 5.76. The van der Waals surface area contributed by atoms with Gasteiger partial charge in [0.05, 0.1) is 6.61 Å². The summed E-state index contributed by atoms with van der Waals surface area (Å²) in [6.07, 6.45) is 2.95. The van der Waals surface area contributed by atoms with Crippen LogP contribution in [-0.4, -0.2) is 32.4 Å². The Bertz CT molecular complexity index is 790. The number of hydrogen-bond acceptors (Lipinski definition) is 3. The van der Waals surface area contributed by atoms with Gasteiger partial charge in [0.1, 0.15) is 10.6 Å². The first-order valence-corrected chi connectivity index (χ1v) is 10.3. The lowest BCUT2D eigenvalue weighted by Crippen LogP contribution is -2.34. The van der Waals surface area contributed by atoms with Crippen molar-refractivity contribution < 1.29 is 13.2 Å². The molecule has 1 fully saturated rings. The van der Waals surface area contributed by atoms with Crippen molar-refractivity contribution in [3.05, 3.63) is 60.2 Å². The topological polar surface area (TPSA) is 46.6 Å². The highest BCUT2D eigenvalue weighted by molar-refractivity contribution is 7.89. The van der Waals surface area contributed by atoms with Gasteiger partial charge in [-0.3, -0.25) is 0 Å². The molecule has 4 nitrogen and oxygen atoms in total. The Hall–Kier alpha value is -1.85. The number of benzene rings is 2. The van der Waals surface area contributed by atoms with Crippen LogP contribution in [0.4, 0.5) is 0 Å². The molecule has 1 unspecified atom stereocenters. The van der Waals surface area contributed by atoms with Crippen molar-refractivity contribution in [2.24, 2.45) is 0 Å². The predicted octanol–water partition coefficient (Wildman–Crippen LogP) is 4.04. The minimum atomic E-state index is -3.57. The molecule has 2 aromatic rings. The second-order valence-corrected chi connectivity index (χ2v) is 8.25. The zero-order chi connectivity index (χ0) is 17.7. The van der Waals surface area contributed by atoms with E-state index in [4.69, 9.17) is 4.74 Å². The van der Waals surface area contributed by atoms with Gasteiger partial charge in [-0.1, -0.05) is 48.9 Å². The highest BCUT2D eigenvalue weighted by atomic mass is 32.2. The lowest BCUT2D eigenvalue weighted by Gasteiger charge is -2.25. The second kappa shape index (κ2) is 8.02. The van der Waals surface area contributed by atoms with Crippen LogP contribution in [-0.2, 0) is 10.0 Å².